The Morgan fingerprint density at radius 3 is 1.86 bits per heavy atom. The summed E-state index contributed by atoms with van der Waals surface area (Å²) in [5, 5.41) is 15.0. The maximum absolute atomic E-state index is 13.2. The standard InChI is InChI=1S/C23H45N7O5/c24-12-4-1-8-16(27)20(31)28-17(9-2-5-13-25)21(32)29-18(10-3-6-14-26)22(33)30-15-7-11-19(30)23(34)35/h16-19H,1-15,24-27H2,(H,28,31)(H,29,32)(H,34,35). The van der Waals surface area contributed by atoms with Crippen LogP contribution in [0.1, 0.15) is 70.6 Å². The number of carbonyl (C=O) groups excluding carboxylic acids is 3. The predicted molar refractivity (Wildman–Crippen MR) is 133 cm³/mol. The number of carboxylic acids is 1. The number of aliphatic carboxylic acids is 1. The Morgan fingerprint density at radius 2 is 1.31 bits per heavy atom. The fraction of sp³-hybridized carbons (Fsp3) is 0.826. The predicted octanol–water partition coefficient (Wildman–Crippen LogP) is -1.25. The molecule has 0 aromatic carbocycles. The van der Waals surface area contributed by atoms with Gasteiger partial charge in [-0.15, -0.1) is 0 Å². The summed E-state index contributed by atoms with van der Waals surface area (Å²) >= 11 is 0. The lowest BCUT2D eigenvalue weighted by molar-refractivity contribution is -0.149. The van der Waals surface area contributed by atoms with Gasteiger partial charge in [-0.05, 0) is 83.8 Å². The van der Waals surface area contributed by atoms with Crippen molar-refractivity contribution >= 4 is 23.7 Å². The number of rotatable bonds is 18. The third-order valence-electron chi connectivity index (χ3n) is 6.27. The van der Waals surface area contributed by atoms with Crippen LogP contribution in [0.5, 0.6) is 0 Å². The van der Waals surface area contributed by atoms with Gasteiger partial charge in [0.25, 0.3) is 0 Å². The molecule has 1 saturated heterocycles. The second kappa shape index (κ2) is 17.2. The maximum Gasteiger partial charge on any atom is 0.326 e. The Hall–Kier alpha value is -2.28. The van der Waals surface area contributed by atoms with Gasteiger partial charge in [0.15, 0.2) is 0 Å². The lowest BCUT2D eigenvalue weighted by Crippen LogP contribution is -2.57. The summed E-state index contributed by atoms with van der Waals surface area (Å²) < 4.78 is 0. The van der Waals surface area contributed by atoms with Crippen LogP contribution < -0.4 is 33.6 Å². The zero-order valence-electron chi connectivity index (χ0n) is 20.8. The first kappa shape index (κ1) is 30.8. The highest BCUT2D eigenvalue weighted by Gasteiger charge is 2.38. The van der Waals surface area contributed by atoms with Gasteiger partial charge in [-0.25, -0.2) is 4.79 Å². The minimum absolute atomic E-state index is 0.326. The van der Waals surface area contributed by atoms with Gasteiger partial charge in [-0.3, -0.25) is 14.4 Å². The average Bonchev–Trinajstić information content (AvgIpc) is 3.33. The highest BCUT2D eigenvalue weighted by Crippen LogP contribution is 2.20. The first-order valence-electron chi connectivity index (χ1n) is 12.8. The van der Waals surface area contributed by atoms with E-state index < -0.39 is 47.9 Å². The number of nitrogens with two attached hydrogens (primary N) is 4. The summed E-state index contributed by atoms with van der Waals surface area (Å²) in [6.07, 6.45) is 6.08. The zero-order chi connectivity index (χ0) is 26.2. The molecule has 1 heterocycles. The molecule has 0 aromatic heterocycles. The van der Waals surface area contributed by atoms with Crippen LogP contribution in [0, 0.1) is 0 Å². The number of carbonyl (C=O) groups is 4. The molecule has 11 N–H and O–H groups in total. The van der Waals surface area contributed by atoms with E-state index in [0.29, 0.717) is 90.4 Å². The Bertz CT molecular complexity index is 679. The monoisotopic (exact) mass is 499 g/mol. The minimum atomic E-state index is -1.06. The highest BCUT2D eigenvalue weighted by atomic mass is 16.4. The van der Waals surface area contributed by atoms with Crippen molar-refractivity contribution in [1.82, 2.24) is 15.5 Å². The van der Waals surface area contributed by atoms with Crippen LogP contribution >= 0.6 is 0 Å². The third-order valence-corrected chi connectivity index (χ3v) is 6.27. The van der Waals surface area contributed by atoms with Crippen LogP contribution in [0.3, 0.4) is 0 Å². The van der Waals surface area contributed by atoms with E-state index in [9.17, 15) is 24.3 Å². The number of nitrogens with zero attached hydrogens (tertiary/aromatic N) is 1. The fourth-order valence-corrected chi connectivity index (χ4v) is 4.19. The van der Waals surface area contributed by atoms with E-state index in [2.05, 4.69) is 10.6 Å². The zero-order valence-corrected chi connectivity index (χ0v) is 20.8. The molecule has 0 aliphatic carbocycles. The molecule has 0 bridgehead atoms. The lowest BCUT2D eigenvalue weighted by Gasteiger charge is -2.29. The third kappa shape index (κ3) is 10.9. The molecular weight excluding hydrogens is 454 g/mol. The summed E-state index contributed by atoms with van der Waals surface area (Å²) in [5.74, 6) is -2.42. The van der Waals surface area contributed by atoms with E-state index in [1.54, 1.807) is 0 Å². The summed E-state index contributed by atoms with van der Waals surface area (Å²) in [6.45, 7) is 1.73. The largest absolute Gasteiger partial charge is 0.480 e. The molecular formula is C23H45N7O5. The van der Waals surface area contributed by atoms with Crippen LogP contribution in [-0.4, -0.2) is 84.0 Å². The van der Waals surface area contributed by atoms with Crippen LogP contribution in [0.25, 0.3) is 0 Å². The van der Waals surface area contributed by atoms with Crippen molar-refractivity contribution in [3.05, 3.63) is 0 Å². The molecule has 3 amide bonds. The second-order valence-electron chi connectivity index (χ2n) is 9.11. The number of carboxylic acid groups (broad SMARTS) is 1. The number of amides is 3. The van der Waals surface area contributed by atoms with Crippen molar-refractivity contribution < 1.29 is 24.3 Å². The molecule has 4 atom stereocenters. The van der Waals surface area contributed by atoms with Crippen LogP contribution in [-0.2, 0) is 19.2 Å². The van der Waals surface area contributed by atoms with Crippen LogP contribution in [0.15, 0.2) is 0 Å². The Kier molecular flexibility index (Phi) is 15.1. The van der Waals surface area contributed by atoms with Gasteiger partial charge < -0.3 is 43.6 Å². The van der Waals surface area contributed by atoms with Crippen LogP contribution in [0.4, 0.5) is 0 Å². The molecule has 35 heavy (non-hydrogen) atoms. The topological polar surface area (TPSA) is 220 Å². The summed E-state index contributed by atoms with van der Waals surface area (Å²) in [6, 6.07) is -3.45. The first-order chi connectivity index (χ1) is 16.8. The molecule has 12 nitrogen and oxygen atoms in total. The summed E-state index contributed by atoms with van der Waals surface area (Å²) in [4.78, 5) is 52.0. The molecule has 0 saturated carbocycles. The quantitative estimate of drug-likeness (QED) is 0.112. The van der Waals surface area contributed by atoms with Gasteiger partial charge in [0.05, 0.1) is 6.04 Å². The SMILES string of the molecule is NCCCCC(N)C(=O)NC(CCCCN)C(=O)NC(CCCCN)C(=O)N1CCCC1C(=O)O. The first-order valence-corrected chi connectivity index (χ1v) is 12.8. The molecule has 1 aliphatic heterocycles. The average molecular weight is 500 g/mol. The fourth-order valence-electron chi connectivity index (χ4n) is 4.19. The second-order valence-corrected chi connectivity index (χ2v) is 9.11. The van der Waals surface area contributed by atoms with Crippen molar-refractivity contribution in [1.29, 1.82) is 0 Å². The number of hydrogen-bond acceptors (Lipinski definition) is 8. The van der Waals surface area contributed by atoms with E-state index in [1.807, 2.05) is 0 Å². The number of nitrogens with one attached hydrogen (secondary N) is 2. The smallest absolute Gasteiger partial charge is 0.326 e. The van der Waals surface area contributed by atoms with Gasteiger partial charge in [0.1, 0.15) is 18.1 Å². The van der Waals surface area contributed by atoms with E-state index in [0.717, 1.165) is 6.42 Å². The lowest BCUT2D eigenvalue weighted by atomic mass is 10.0. The summed E-state index contributed by atoms with van der Waals surface area (Å²) in [7, 11) is 0. The molecule has 0 aromatic rings. The Balaban J connectivity index is 2.93. The van der Waals surface area contributed by atoms with Crippen molar-refractivity contribution in [2.24, 2.45) is 22.9 Å². The Morgan fingerprint density at radius 1 is 0.800 bits per heavy atom. The summed E-state index contributed by atoms with van der Waals surface area (Å²) in [5.41, 5.74) is 22.6. The molecule has 202 valence electrons. The van der Waals surface area contributed by atoms with E-state index in [-0.39, 0.29) is 0 Å². The van der Waals surface area contributed by atoms with Gasteiger partial charge in [0.2, 0.25) is 17.7 Å². The van der Waals surface area contributed by atoms with Crippen LogP contribution in [0.2, 0.25) is 0 Å². The van der Waals surface area contributed by atoms with Gasteiger partial charge >= 0.3 is 5.97 Å². The van der Waals surface area contributed by atoms with E-state index >= 15 is 0 Å². The molecule has 0 spiro atoms. The van der Waals surface area contributed by atoms with Crippen molar-refractivity contribution in [2.45, 2.75) is 94.8 Å². The minimum Gasteiger partial charge on any atom is -0.480 e. The molecule has 0 radical (unpaired) electrons. The van der Waals surface area contributed by atoms with E-state index in [4.69, 9.17) is 22.9 Å². The highest BCUT2D eigenvalue weighted by molar-refractivity contribution is 5.94. The van der Waals surface area contributed by atoms with Crippen molar-refractivity contribution in [2.75, 3.05) is 26.2 Å². The van der Waals surface area contributed by atoms with Gasteiger partial charge in [0, 0.05) is 6.54 Å². The number of hydrogen-bond donors (Lipinski definition) is 7. The molecule has 4 unspecified atom stereocenters. The Labute approximate surface area is 207 Å². The van der Waals surface area contributed by atoms with Gasteiger partial charge in [-0.1, -0.05) is 6.42 Å². The molecule has 1 aliphatic rings. The normalized spacial score (nSPS) is 18.1. The molecule has 1 rings (SSSR count). The molecule has 1 fully saturated rings. The van der Waals surface area contributed by atoms with Gasteiger partial charge in [-0.2, -0.15) is 0 Å². The number of likely N-dealkylation sites (tertiary alicyclic amines) is 1. The van der Waals surface area contributed by atoms with Crippen molar-refractivity contribution in [3.63, 3.8) is 0 Å². The maximum atomic E-state index is 13.2. The van der Waals surface area contributed by atoms with Crippen molar-refractivity contribution in [3.8, 4) is 0 Å². The number of unbranched alkanes of at least 4 members (excludes halogenated alkanes) is 3. The molecule has 12 heteroatoms. The van der Waals surface area contributed by atoms with E-state index in [1.165, 1.54) is 4.90 Å².